The molecule has 0 bridgehead atoms. The van der Waals surface area contributed by atoms with Crippen molar-refractivity contribution in [3.05, 3.63) is 94.0 Å². The van der Waals surface area contributed by atoms with Gasteiger partial charge in [0.2, 0.25) is 0 Å². The highest BCUT2D eigenvalue weighted by atomic mass is 79.9. The number of hydrogen-bond acceptors (Lipinski definition) is 5. The van der Waals surface area contributed by atoms with Gasteiger partial charge in [0.05, 0.1) is 18.4 Å². The van der Waals surface area contributed by atoms with Crippen LogP contribution in [0.15, 0.2) is 82.4 Å². The third-order valence-electron chi connectivity index (χ3n) is 4.45. The number of hydrogen-bond donors (Lipinski definition) is 1. The summed E-state index contributed by atoms with van der Waals surface area (Å²) in [4.78, 5) is 24.5. The van der Waals surface area contributed by atoms with Crippen LogP contribution < -0.4 is 14.9 Å². The van der Waals surface area contributed by atoms with Crippen molar-refractivity contribution >= 4 is 34.0 Å². The lowest BCUT2D eigenvalue weighted by atomic mass is 10.2. The number of amides is 1. The van der Waals surface area contributed by atoms with Gasteiger partial charge in [-0.05, 0) is 88.6 Å². The quantitative estimate of drug-likeness (QED) is 0.138. The Bertz CT molecular complexity index is 1080. The van der Waals surface area contributed by atoms with Crippen molar-refractivity contribution in [2.45, 2.75) is 19.8 Å². The maximum absolute atomic E-state index is 12.3. The molecule has 3 aromatic carbocycles. The number of nitrogens with zero attached hydrogens (tertiary/aromatic N) is 1. The van der Waals surface area contributed by atoms with Gasteiger partial charge in [-0.3, -0.25) is 4.79 Å². The van der Waals surface area contributed by atoms with Crippen molar-refractivity contribution in [2.24, 2.45) is 5.10 Å². The third-order valence-corrected chi connectivity index (χ3v) is 5.14. The van der Waals surface area contributed by atoms with Gasteiger partial charge in [0.15, 0.2) is 0 Å². The van der Waals surface area contributed by atoms with E-state index in [9.17, 15) is 9.59 Å². The SMILES string of the molecule is CCCCOc1ccc(C(=O)NN=Cc2ccc(OC(=O)c3ccccc3Br)cc2)cc1. The number of esters is 1. The van der Waals surface area contributed by atoms with E-state index in [1.807, 2.05) is 6.07 Å². The van der Waals surface area contributed by atoms with Crippen molar-refractivity contribution in [2.75, 3.05) is 6.61 Å². The van der Waals surface area contributed by atoms with Crippen LogP contribution in [0, 0.1) is 0 Å². The van der Waals surface area contributed by atoms with Crippen LogP contribution in [0.25, 0.3) is 0 Å². The summed E-state index contributed by atoms with van der Waals surface area (Å²) in [5, 5.41) is 3.98. The number of nitrogens with one attached hydrogen (secondary N) is 1. The molecular formula is C25H23BrN2O4. The smallest absolute Gasteiger partial charge is 0.344 e. The Morgan fingerprint density at radius 2 is 1.66 bits per heavy atom. The first-order valence-corrected chi connectivity index (χ1v) is 11.0. The number of carbonyl (C=O) groups excluding carboxylic acids is 2. The third kappa shape index (κ3) is 6.78. The monoisotopic (exact) mass is 494 g/mol. The standard InChI is InChI=1S/C25H23BrN2O4/c1-2-3-16-31-20-14-10-19(11-15-20)24(29)28-27-17-18-8-12-21(13-9-18)32-25(30)22-6-4-5-7-23(22)26/h4-15,17H,2-3,16H2,1H3,(H,28,29). The molecule has 0 aliphatic rings. The molecular weight excluding hydrogens is 472 g/mol. The molecule has 0 saturated heterocycles. The molecule has 0 atom stereocenters. The molecule has 32 heavy (non-hydrogen) atoms. The van der Waals surface area contributed by atoms with Crippen LogP contribution in [0.5, 0.6) is 11.5 Å². The van der Waals surface area contributed by atoms with Gasteiger partial charge >= 0.3 is 5.97 Å². The zero-order chi connectivity index (χ0) is 22.8. The minimum atomic E-state index is -0.451. The Morgan fingerprint density at radius 1 is 0.969 bits per heavy atom. The fourth-order valence-corrected chi connectivity index (χ4v) is 3.12. The molecule has 0 aromatic heterocycles. The molecule has 164 valence electrons. The number of halogens is 1. The Kier molecular flexibility index (Phi) is 8.57. The molecule has 0 spiro atoms. The maximum atomic E-state index is 12.3. The van der Waals surface area contributed by atoms with Gasteiger partial charge in [-0.1, -0.05) is 25.5 Å². The largest absolute Gasteiger partial charge is 0.494 e. The maximum Gasteiger partial charge on any atom is 0.344 e. The number of ether oxygens (including phenoxy) is 2. The molecule has 0 fully saturated rings. The van der Waals surface area contributed by atoms with Crippen molar-refractivity contribution in [3.8, 4) is 11.5 Å². The lowest BCUT2D eigenvalue weighted by Gasteiger charge is -2.06. The number of benzene rings is 3. The van der Waals surface area contributed by atoms with Gasteiger partial charge in [0, 0.05) is 10.0 Å². The summed E-state index contributed by atoms with van der Waals surface area (Å²) in [6.45, 7) is 2.76. The molecule has 1 N–H and O–H groups in total. The number of unbranched alkanes of at least 4 members (excludes halogenated alkanes) is 1. The van der Waals surface area contributed by atoms with E-state index in [1.54, 1.807) is 66.7 Å². The lowest BCUT2D eigenvalue weighted by molar-refractivity contribution is 0.0733. The fraction of sp³-hybridized carbons (Fsp3) is 0.160. The topological polar surface area (TPSA) is 77.0 Å². The zero-order valence-electron chi connectivity index (χ0n) is 17.6. The summed E-state index contributed by atoms with van der Waals surface area (Å²) in [6.07, 6.45) is 3.57. The Morgan fingerprint density at radius 3 is 2.34 bits per heavy atom. The van der Waals surface area contributed by atoms with E-state index in [4.69, 9.17) is 9.47 Å². The van der Waals surface area contributed by atoms with Crippen LogP contribution in [-0.4, -0.2) is 24.7 Å². The minimum absolute atomic E-state index is 0.319. The van der Waals surface area contributed by atoms with E-state index in [1.165, 1.54) is 6.21 Å². The summed E-state index contributed by atoms with van der Waals surface area (Å²) in [6, 6.07) is 20.8. The van der Waals surface area contributed by atoms with Gasteiger partial charge in [0.25, 0.3) is 5.91 Å². The summed E-state index contributed by atoms with van der Waals surface area (Å²) in [5.41, 5.74) is 4.17. The summed E-state index contributed by atoms with van der Waals surface area (Å²) in [7, 11) is 0. The summed E-state index contributed by atoms with van der Waals surface area (Å²) < 4.78 is 11.6. The average Bonchev–Trinajstić information content (AvgIpc) is 2.81. The van der Waals surface area contributed by atoms with Gasteiger partial charge in [-0.2, -0.15) is 5.10 Å². The van der Waals surface area contributed by atoms with Crippen molar-refractivity contribution < 1.29 is 19.1 Å². The van der Waals surface area contributed by atoms with Crippen LogP contribution in [0.2, 0.25) is 0 Å². The van der Waals surface area contributed by atoms with E-state index >= 15 is 0 Å². The second-order valence-electron chi connectivity index (χ2n) is 6.86. The van der Waals surface area contributed by atoms with E-state index < -0.39 is 5.97 Å². The average molecular weight is 495 g/mol. The first-order valence-electron chi connectivity index (χ1n) is 10.2. The Hall–Kier alpha value is -3.45. The minimum Gasteiger partial charge on any atom is -0.494 e. The highest BCUT2D eigenvalue weighted by Crippen LogP contribution is 2.19. The molecule has 0 heterocycles. The highest BCUT2D eigenvalue weighted by molar-refractivity contribution is 9.10. The highest BCUT2D eigenvalue weighted by Gasteiger charge is 2.11. The molecule has 0 radical (unpaired) electrons. The lowest BCUT2D eigenvalue weighted by Crippen LogP contribution is -2.17. The predicted octanol–water partition coefficient (Wildman–Crippen LogP) is 5.61. The van der Waals surface area contributed by atoms with Crippen LogP contribution in [0.4, 0.5) is 0 Å². The summed E-state index contributed by atoms with van der Waals surface area (Å²) >= 11 is 3.34. The van der Waals surface area contributed by atoms with E-state index in [0.29, 0.717) is 28.0 Å². The van der Waals surface area contributed by atoms with Gasteiger partial charge in [0.1, 0.15) is 11.5 Å². The van der Waals surface area contributed by atoms with Crippen LogP contribution in [-0.2, 0) is 0 Å². The van der Waals surface area contributed by atoms with E-state index in [-0.39, 0.29) is 5.91 Å². The molecule has 1 amide bonds. The van der Waals surface area contributed by atoms with Gasteiger partial charge in [-0.15, -0.1) is 0 Å². The normalized spacial score (nSPS) is 10.7. The van der Waals surface area contributed by atoms with Crippen molar-refractivity contribution in [3.63, 3.8) is 0 Å². The molecule has 7 heteroatoms. The molecule has 3 aromatic rings. The molecule has 0 aliphatic carbocycles. The molecule has 0 unspecified atom stereocenters. The Balaban J connectivity index is 1.50. The first-order chi connectivity index (χ1) is 15.6. The molecule has 0 saturated carbocycles. The van der Waals surface area contributed by atoms with E-state index in [2.05, 4.69) is 33.4 Å². The summed E-state index contributed by atoms with van der Waals surface area (Å²) in [5.74, 6) is 0.375. The number of carbonyl (C=O) groups is 2. The second kappa shape index (κ2) is 11.8. The van der Waals surface area contributed by atoms with Crippen molar-refractivity contribution in [1.29, 1.82) is 0 Å². The number of rotatable bonds is 9. The fourth-order valence-electron chi connectivity index (χ4n) is 2.68. The van der Waals surface area contributed by atoms with Crippen LogP contribution >= 0.6 is 15.9 Å². The number of hydrazone groups is 1. The first kappa shape index (κ1) is 23.2. The predicted molar refractivity (Wildman–Crippen MR) is 127 cm³/mol. The second-order valence-corrected chi connectivity index (χ2v) is 7.72. The van der Waals surface area contributed by atoms with Crippen LogP contribution in [0.3, 0.4) is 0 Å². The Labute approximate surface area is 195 Å². The molecule has 6 nitrogen and oxygen atoms in total. The molecule has 3 rings (SSSR count). The van der Waals surface area contributed by atoms with E-state index in [0.717, 1.165) is 24.2 Å². The van der Waals surface area contributed by atoms with Gasteiger partial charge < -0.3 is 9.47 Å². The van der Waals surface area contributed by atoms with Crippen LogP contribution in [0.1, 0.15) is 46.0 Å². The van der Waals surface area contributed by atoms with Crippen molar-refractivity contribution in [1.82, 2.24) is 5.43 Å². The zero-order valence-corrected chi connectivity index (χ0v) is 19.2. The van der Waals surface area contributed by atoms with Gasteiger partial charge in [-0.25, -0.2) is 10.2 Å². The molecule has 0 aliphatic heterocycles.